The van der Waals surface area contributed by atoms with E-state index in [0.29, 0.717) is 42.6 Å². The zero-order valence-electron chi connectivity index (χ0n) is 15.8. The first kappa shape index (κ1) is 19.1. The van der Waals surface area contributed by atoms with Crippen LogP contribution in [-0.2, 0) is 7.05 Å². The van der Waals surface area contributed by atoms with E-state index >= 15 is 0 Å². The summed E-state index contributed by atoms with van der Waals surface area (Å²) in [6.07, 6.45) is 0. The van der Waals surface area contributed by atoms with E-state index < -0.39 is 0 Å². The van der Waals surface area contributed by atoms with Gasteiger partial charge >= 0.3 is 0 Å². The zero-order valence-corrected chi connectivity index (χ0v) is 16.7. The van der Waals surface area contributed by atoms with Gasteiger partial charge in [0.1, 0.15) is 11.6 Å². The van der Waals surface area contributed by atoms with Crippen LogP contribution in [0.1, 0.15) is 20.2 Å². The van der Waals surface area contributed by atoms with Gasteiger partial charge in [-0.1, -0.05) is 6.07 Å². The number of rotatable bonds is 4. The Kier molecular flexibility index (Phi) is 5.30. The molecule has 3 heterocycles. The van der Waals surface area contributed by atoms with Crippen LogP contribution in [0.2, 0.25) is 0 Å². The van der Waals surface area contributed by atoms with Crippen molar-refractivity contribution in [2.75, 3.05) is 36.4 Å². The number of carbonyl (C=O) groups is 2. The first-order chi connectivity index (χ1) is 14.0. The predicted octanol–water partition coefficient (Wildman–Crippen LogP) is 2.84. The second kappa shape index (κ2) is 8.04. The molecule has 1 aliphatic heterocycles. The van der Waals surface area contributed by atoms with E-state index in [0.717, 1.165) is 5.69 Å². The van der Waals surface area contributed by atoms with Crippen molar-refractivity contribution in [3.8, 4) is 0 Å². The van der Waals surface area contributed by atoms with Crippen LogP contribution in [-0.4, -0.2) is 52.7 Å². The zero-order chi connectivity index (χ0) is 20.4. The van der Waals surface area contributed by atoms with Gasteiger partial charge in [0.15, 0.2) is 5.69 Å². The number of halogens is 1. The summed E-state index contributed by atoms with van der Waals surface area (Å²) in [6, 6.07) is 11.5. The van der Waals surface area contributed by atoms with Crippen molar-refractivity contribution < 1.29 is 14.0 Å². The van der Waals surface area contributed by atoms with Crippen molar-refractivity contribution >= 4 is 34.7 Å². The van der Waals surface area contributed by atoms with Crippen LogP contribution in [0.25, 0.3) is 0 Å². The van der Waals surface area contributed by atoms with E-state index in [1.807, 2.05) is 11.4 Å². The molecule has 3 aromatic rings. The molecule has 0 radical (unpaired) electrons. The van der Waals surface area contributed by atoms with Crippen LogP contribution in [0.5, 0.6) is 0 Å². The highest BCUT2D eigenvalue weighted by atomic mass is 32.1. The number of anilines is 2. The first-order valence-corrected chi connectivity index (χ1v) is 10.1. The second-order valence-electron chi connectivity index (χ2n) is 6.73. The molecule has 0 bridgehead atoms. The van der Waals surface area contributed by atoms with Gasteiger partial charge < -0.3 is 15.1 Å². The number of benzene rings is 1. The Bertz CT molecular complexity index is 1010. The highest BCUT2D eigenvalue weighted by Crippen LogP contribution is 2.19. The summed E-state index contributed by atoms with van der Waals surface area (Å²) in [4.78, 5) is 29.5. The standard InChI is InChI=1S/C20H20FN5O2S/c1-24-18(22-19(27)17-3-2-12-29-17)13-16(23-24)20(28)26-10-8-25(9-11-26)15-6-4-14(21)5-7-15/h2-7,12-13H,8-11H2,1H3,(H,22,27). The number of aromatic nitrogens is 2. The fourth-order valence-corrected chi connectivity index (χ4v) is 3.88. The highest BCUT2D eigenvalue weighted by molar-refractivity contribution is 7.12. The minimum atomic E-state index is -0.264. The van der Waals surface area contributed by atoms with Crippen LogP contribution < -0.4 is 10.2 Å². The van der Waals surface area contributed by atoms with Crippen LogP contribution in [0.15, 0.2) is 47.8 Å². The molecule has 1 aromatic carbocycles. The Labute approximate surface area is 171 Å². The molecule has 1 aliphatic rings. The SMILES string of the molecule is Cn1nc(C(=O)N2CCN(c3ccc(F)cc3)CC2)cc1NC(=O)c1cccs1. The smallest absolute Gasteiger partial charge is 0.274 e. The average Bonchev–Trinajstić information content (AvgIpc) is 3.39. The Hall–Kier alpha value is -3.20. The van der Waals surface area contributed by atoms with E-state index in [4.69, 9.17) is 0 Å². The van der Waals surface area contributed by atoms with Gasteiger partial charge in [-0.05, 0) is 35.7 Å². The summed E-state index contributed by atoms with van der Waals surface area (Å²) in [5.74, 6) is -0.192. The third-order valence-corrected chi connectivity index (χ3v) is 5.71. The molecule has 1 fully saturated rings. The normalized spacial score (nSPS) is 14.1. The molecule has 0 atom stereocenters. The van der Waals surface area contributed by atoms with E-state index in [1.165, 1.54) is 28.2 Å². The number of amides is 2. The molecule has 0 aliphatic carbocycles. The Balaban J connectivity index is 1.39. The van der Waals surface area contributed by atoms with Crippen molar-refractivity contribution in [2.45, 2.75) is 0 Å². The summed E-state index contributed by atoms with van der Waals surface area (Å²) < 4.78 is 14.6. The van der Waals surface area contributed by atoms with Crippen LogP contribution in [0, 0.1) is 5.82 Å². The molecular formula is C20H20FN5O2S. The van der Waals surface area contributed by atoms with E-state index in [2.05, 4.69) is 15.3 Å². The van der Waals surface area contributed by atoms with Crippen molar-refractivity contribution in [2.24, 2.45) is 7.05 Å². The summed E-state index contributed by atoms with van der Waals surface area (Å²) >= 11 is 1.35. The molecule has 2 amide bonds. The first-order valence-electron chi connectivity index (χ1n) is 9.20. The number of carbonyl (C=O) groups excluding carboxylic acids is 2. The van der Waals surface area contributed by atoms with Crippen LogP contribution in [0.3, 0.4) is 0 Å². The molecule has 0 spiro atoms. The Morgan fingerprint density at radius 2 is 1.83 bits per heavy atom. The summed E-state index contributed by atoms with van der Waals surface area (Å²) in [6.45, 7) is 2.41. The molecule has 1 saturated heterocycles. The van der Waals surface area contributed by atoms with Gasteiger partial charge in [-0.15, -0.1) is 11.3 Å². The maximum atomic E-state index is 13.1. The molecule has 0 saturated carbocycles. The lowest BCUT2D eigenvalue weighted by molar-refractivity contribution is 0.0740. The van der Waals surface area contributed by atoms with Crippen LogP contribution in [0.4, 0.5) is 15.9 Å². The Morgan fingerprint density at radius 3 is 2.48 bits per heavy atom. The highest BCUT2D eigenvalue weighted by Gasteiger charge is 2.25. The number of nitrogens with one attached hydrogen (secondary N) is 1. The van der Waals surface area contributed by atoms with E-state index in [-0.39, 0.29) is 17.6 Å². The van der Waals surface area contributed by atoms with Crippen molar-refractivity contribution in [1.82, 2.24) is 14.7 Å². The molecule has 1 N–H and O–H groups in total. The van der Waals surface area contributed by atoms with Gasteiger partial charge in [0.2, 0.25) is 0 Å². The number of thiophene rings is 1. The lowest BCUT2D eigenvalue weighted by atomic mass is 10.2. The monoisotopic (exact) mass is 413 g/mol. The predicted molar refractivity (Wildman–Crippen MR) is 110 cm³/mol. The van der Waals surface area contributed by atoms with Gasteiger partial charge in [-0.2, -0.15) is 5.10 Å². The average molecular weight is 413 g/mol. The largest absolute Gasteiger partial charge is 0.368 e. The lowest BCUT2D eigenvalue weighted by Gasteiger charge is -2.35. The van der Waals surface area contributed by atoms with Crippen molar-refractivity contribution in [3.63, 3.8) is 0 Å². The maximum absolute atomic E-state index is 13.1. The molecule has 7 nitrogen and oxygen atoms in total. The number of hydrogen-bond acceptors (Lipinski definition) is 5. The third-order valence-electron chi connectivity index (χ3n) is 4.84. The number of hydrogen-bond donors (Lipinski definition) is 1. The van der Waals surface area contributed by atoms with Crippen molar-refractivity contribution in [1.29, 1.82) is 0 Å². The Morgan fingerprint density at radius 1 is 1.10 bits per heavy atom. The van der Waals surface area contributed by atoms with Gasteiger partial charge in [-0.25, -0.2) is 4.39 Å². The maximum Gasteiger partial charge on any atom is 0.274 e. The van der Waals surface area contributed by atoms with Gasteiger partial charge in [0.05, 0.1) is 4.88 Å². The number of nitrogens with zero attached hydrogens (tertiary/aromatic N) is 4. The third kappa shape index (κ3) is 4.14. The number of piperazine rings is 1. The van der Waals surface area contributed by atoms with E-state index in [9.17, 15) is 14.0 Å². The number of aryl methyl sites for hydroxylation is 1. The molecule has 0 unspecified atom stereocenters. The fourth-order valence-electron chi connectivity index (χ4n) is 3.26. The minimum Gasteiger partial charge on any atom is -0.368 e. The summed E-state index contributed by atoms with van der Waals surface area (Å²) in [5.41, 5.74) is 1.24. The molecule has 2 aromatic heterocycles. The molecule has 4 rings (SSSR count). The summed E-state index contributed by atoms with van der Waals surface area (Å²) in [5, 5.41) is 8.88. The molecule has 150 valence electrons. The van der Waals surface area contributed by atoms with Gasteiger partial charge in [-0.3, -0.25) is 14.3 Å². The molecule has 9 heteroatoms. The van der Waals surface area contributed by atoms with Crippen LogP contribution >= 0.6 is 11.3 Å². The molecule has 29 heavy (non-hydrogen) atoms. The van der Waals surface area contributed by atoms with Gasteiger partial charge in [0.25, 0.3) is 11.8 Å². The quantitative estimate of drug-likeness (QED) is 0.714. The van der Waals surface area contributed by atoms with E-state index in [1.54, 1.807) is 36.2 Å². The second-order valence-corrected chi connectivity index (χ2v) is 7.67. The summed E-state index contributed by atoms with van der Waals surface area (Å²) in [7, 11) is 1.69. The molecular weight excluding hydrogens is 393 g/mol. The minimum absolute atomic E-state index is 0.170. The fraction of sp³-hybridized carbons (Fsp3) is 0.250. The van der Waals surface area contributed by atoms with Crippen molar-refractivity contribution in [3.05, 3.63) is 64.2 Å². The lowest BCUT2D eigenvalue weighted by Crippen LogP contribution is -2.48. The topological polar surface area (TPSA) is 70.5 Å². The van der Waals surface area contributed by atoms with Gasteiger partial charge in [0, 0.05) is 45.0 Å².